The predicted molar refractivity (Wildman–Crippen MR) is 152 cm³/mol. The molecule has 37 heavy (non-hydrogen) atoms. The number of oxime groups is 1. The zero-order valence-corrected chi connectivity index (χ0v) is 22.4. The van der Waals surface area contributed by atoms with Gasteiger partial charge < -0.3 is 14.3 Å². The van der Waals surface area contributed by atoms with Crippen LogP contribution in [0.1, 0.15) is 56.5 Å². The molecule has 4 aromatic rings. The molecule has 2 aromatic heterocycles. The fourth-order valence-corrected chi connectivity index (χ4v) is 4.68. The summed E-state index contributed by atoms with van der Waals surface area (Å²) in [5.74, 6) is -0.430. The number of nitrogens with zero attached hydrogens (tertiary/aromatic N) is 4. The van der Waals surface area contributed by atoms with E-state index >= 15 is 0 Å². The van der Waals surface area contributed by atoms with Crippen molar-refractivity contribution in [2.24, 2.45) is 12.2 Å². The Morgan fingerprint density at radius 2 is 1.78 bits per heavy atom. The lowest BCUT2D eigenvalue weighted by Gasteiger charge is -2.26. The maximum atomic E-state index is 11.0. The number of hydrogen-bond acceptors (Lipinski definition) is 5. The lowest BCUT2D eigenvalue weighted by molar-refractivity contribution is -0.140. The summed E-state index contributed by atoms with van der Waals surface area (Å²) in [5.41, 5.74) is 10.7. The minimum absolute atomic E-state index is 0.430. The van der Waals surface area contributed by atoms with E-state index < -0.39 is 5.97 Å². The van der Waals surface area contributed by atoms with Gasteiger partial charge in [-0.1, -0.05) is 36.4 Å². The van der Waals surface area contributed by atoms with Crippen molar-refractivity contribution in [3.8, 4) is 0 Å². The number of carbonyl (C=O) groups is 1. The molecule has 190 valence electrons. The van der Waals surface area contributed by atoms with Gasteiger partial charge in [0.05, 0.1) is 22.4 Å². The van der Waals surface area contributed by atoms with Crippen LogP contribution in [0.5, 0.6) is 0 Å². The Bertz CT molecular complexity index is 1480. The SMILES string of the molecule is CC/C=C(/c1ccc(N(CC)c2ccc(/C(C)=N/OC(C)=O)cc2)c(C)c1)c1cc2ncccc2n1C. The van der Waals surface area contributed by atoms with Crippen molar-refractivity contribution in [1.82, 2.24) is 9.55 Å². The zero-order chi connectivity index (χ0) is 26.5. The monoisotopic (exact) mass is 494 g/mol. The van der Waals surface area contributed by atoms with Crippen molar-refractivity contribution in [1.29, 1.82) is 0 Å². The van der Waals surface area contributed by atoms with Crippen LogP contribution in [0.3, 0.4) is 0 Å². The van der Waals surface area contributed by atoms with E-state index in [1.807, 2.05) is 31.3 Å². The fourth-order valence-electron chi connectivity index (χ4n) is 4.68. The third-order valence-electron chi connectivity index (χ3n) is 6.52. The minimum atomic E-state index is -0.430. The first-order valence-electron chi connectivity index (χ1n) is 12.7. The lowest BCUT2D eigenvalue weighted by Crippen LogP contribution is -2.17. The maximum Gasteiger partial charge on any atom is 0.331 e. The third kappa shape index (κ3) is 5.48. The van der Waals surface area contributed by atoms with Crippen LogP contribution in [0, 0.1) is 6.92 Å². The number of hydrogen-bond donors (Lipinski definition) is 0. The summed E-state index contributed by atoms with van der Waals surface area (Å²) in [6, 6.07) is 21.1. The molecule has 0 aliphatic heterocycles. The van der Waals surface area contributed by atoms with Crippen LogP contribution < -0.4 is 4.90 Å². The molecule has 0 bridgehead atoms. The van der Waals surface area contributed by atoms with E-state index in [9.17, 15) is 4.79 Å². The molecule has 2 aromatic carbocycles. The minimum Gasteiger partial charge on any atom is -0.342 e. The molecular formula is C31H34N4O2. The second-order valence-electron chi connectivity index (χ2n) is 9.07. The molecule has 0 unspecified atom stereocenters. The summed E-state index contributed by atoms with van der Waals surface area (Å²) in [6.07, 6.45) is 5.07. The smallest absolute Gasteiger partial charge is 0.331 e. The van der Waals surface area contributed by atoms with Gasteiger partial charge in [-0.3, -0.25) is 4.98 Å². The summed E-state index contributed by atoms with van der Waals surface area (Å²) in [5, 5.41) is 3.89. The first kappa shape index (κ1) is 25.9. The molecule has 0 fully saturated rings. The number of allylic oxidation sites excluding steroid dienone is 1. The summed E-state index contributed by atoms with van der Waals surface area (Å²) in [6.45, 7) is 10.5. The highest BCUT2D eigenvalue weighted by Crippen LogP contribution is 2.34. The summed E-state index contributed by atoms with van der Waals surface area (Å²) in [4.78, 5) is 22.7. The van der Waals surface area contributed by atoms with Gasteiger partial charge in [0.15, 0.2) is 0 Å². The molecule has 0 aliphatic carbocycles. The summed E-state index contributed by atoms with van der Waals surface area (Å²) in [7, 11) is 2.10. The molecule has 0 saturated carbocycles. The number of benzene rings is 2. The van der Waals surface area contributed by atoms with Gasteiger partial charge in [-0.25, -0.2) is 4.79 Å². The van der Waals surface area contributed by atoms with Gasteiger partial charge in [0.1, 0.15) is 0 Å². The molecule has 0 saturated heterocycles. The van der Waals surface area contributed by atoms with E-state index in [1.54, 1.807) is 0 Å². The van der Waals surface area contributed by atoms with Crippen LogP contribution in [-0.4, -0.2) is 27.8 Å². The van der Waals surface area contributed by atoms with Gasteiger partial charge >= 0.3 is 5.97 Å². The predicted octanol–water partition coefficient (Wildman–Crippen LogP) is 7.17. The highest BCUT2D eigenvalue weighted by atomic mass is 16.7. The van der Waals surface area contributed by atoms with Crippen LogP contribution in [0.4, 0.5) is 11.4 Å². The number of aromatic nitrogens is 2. The average molecular weight is 495 g/mol. The number of carbonyl (C=O) groups excluding carboxylic acids is 1. The Kier molecular flexibility index (Phi) is 7.87. The maximum absolute atomic E-state index is 11.0. The van der Waals surface area contributed by atoms with E-state index in [1.165, 1.54) is 29.3 Å². The van der Waals surface area contributed by atoms with Crippen molar-refractivity contribution in [2.45, 2.75) is 41.0 Å². The first-order chi connectivity index (χ1) is 17.8. The Morgan fingerprint density at radius 3 is 2.41 bits per heavy atom. The van der Waals surface area contributed by atoms with Gasteiger partial charge in [-0.2, -0.15) is 0 Å². The standard InChI is InChI=1S/C31H34N4O2/c1-7-10-27(31-20-28-30(34(31)6)11-9-18-32-28)25-14-17-29(21(3)19-25)35(8-2)26-15-12-24(13-16-26)22(4)33-37-23(5)36/h9-20H,7-8H2,1-6H3/b27-10-,33-22+. The molecule has 0 spiro atoms. The van der Waals surface area contributed by atoms with Gasteiger partial charge in [0.25, 0.3) is 0 Å². The topological polar surface area (TPSA) is 59.7 Å². The largest absolute Gasteiger partial charge is 0.342 e. The summed E-state index contributed by atoms with van der Waals surface area (Å²) < 4.78 is 2.22. The summed E-state index contributed by atoms with van der Waals surface area (Å²) >= 11 is 0. The molecule has 0 radical (unpaired) electrons. The van der Waals surface area contributed by atoms with Crippen LogP contribution in [0.25, 0.3) is 16.6 Å². The number of pyridine rings is 1. The number of anilines is 2. The van der Waals surface area contributed by atoms with Crippen molar-refractivity contribution in [3.63, 3.8) is 0 Å². The molecular weight excluding hydrogens is 460 g/mol. The van der Waals surface area contributed by atoms with Gasteiger partial charge in [0, 0.05) is 43.7 Å². The number of rotatable bonds is 8. The van der Waals surface area contributed by atoms with Crippen molar-refractivity contribution >= 4 is 39.7 Å². The van der Waals surface area contributed by atoms with Crippen LogP contribution in [0.2, 0.25) is 0 Å². The van der Waals surface area contributed by atoms with E-state index in [0.29, 0.717) is 5.71 Å². The number of fused-ring (bicyclic) bond motifs is 1. The molecule has 6 heteroatoms. The first-order valence-corrected chi connectivity index (χ1v) is 12.7. The number of aryl methyl sites for hydroxylation is 2. The zero-order valence-electron chi connectivity index (χ0n) is 22.4. The second-order valence-corrected chi connectivity index (χ2v) is 9.07. The van der Waals surface area contributed by atoms with Gasteiger partial charge in [0.2, 0.25) is 0 Å². The fraction of sp³-hybridized carbons (Fsp3) is 0.258. The van der Waals surface area contributed by atoms with Gasteiger partial charge in [-0.15, -0.1) is 0 Å². The Balaban J connectivity index is 1.66. The van der Waals surface area contributed by atoms with Crippen LogP contribution in [-0.2, 0) is 16.7 Å². The molecule has 0 N–H and O–H groups in total. The molecule has 0 atom stereocenters. The molecule has 4 rings (SSSR count). The van der Waals surface area contributed by atoms with E-state index in [-0.39, 0.29) is 0 Å². The molecule has 0 aliphatic rings. The average Bonchev–Trinajstić information content (AvgIpc) is 3.23. The Hall–Kier alpha value is -4.19. The van der Waals surface area contributed by atoms with E-state index in [4.69, 9.17) is 4.84 Å². The van der Waals surface area contributed by atoms with Crippen LogP contribution in [0.15, 0.2) is 78.1 Å². The van der Waals surface area contributed by atoms with E-state index in [2.05, 4.69) is 96.0 Å². The molecule has 0 amide bonds. The van der Waals surface area contributed by atoms with Crippen LogP contribution >= 0.6 is 0 Å². The van der Waals surface area contributed by atoms with E-state index in [0.717, 1.165) is 40.9 Å². The Morgan fingerprint density at radius 1 is 1.05 bits per heavy atom. The molecule has 6 nitrogen and oxygen atoms in total. The van der Waals surface area contributed by atoms with Crippen molar-refractivity contribution < 1.29 is 9.63 Å². The third-order valence-corrected chi connectivity index (χ3v) is 6.52. The van der Waals surface area contributed by atoms with Crippen molar-refractivity contribution in [3.05, 3.63) is 95.3 Å². The Labute approximate surface area is 218 Å². The lowest BCUT2D eigenvalue weighted by atomic mass is 9.98. The van der Waals surface area contributed by atoms with Gasteiger partial charge in [-0.05, 0) is 86.3 Å². The highest BCUT2D eigenvalue weighted by Gasteiger charge is 2.16. The quantitative estimate of drug-likeness (QED) is 0.148. The van der Waals surface area contributed by atoms with Crippen molar-refractivity contribution in [2.75, 3.05) is 11.4 Å². The second kappa shape index (κ2) is 11.2. The normalized spacial score (nSPS) is 12.2. The highest BCUT2D eigenvalue weighted by molar-refractivity contribution is 5.99. The molecule has 2 heterocycles.